The van der Waals surface area contributed by atoms with E-state index < -0.39 is 24.5 Å². The molecular weight excluding hydrogens is 462 g/mol. The number of benzene rings is 2. The van der Waals surface area contributed by atoms with E-state index >= 15 is 0 Å². The van der Waals surface area contributed by atoms with Crippen molar-refractivity contribution in [3.8, 4) is 22.7 Å². The number of aromatic nitrogens is 3. The first-order valence-electron chi connectivity index (χ1n) is 11.3. The molecule has 1 N–H and O–H groups in total. The Morgan fingerprint density at radius 3 is 2.50 bits per heavy atom. The number of rotatable bonds is 6. The summed E-state index contributed by atoms with van der Waals surface area (Å²) in [7, 11) is 1.59. The summed E-state index contributed by atoms with van der Waals surface area (Å²) in [6, 6.07) is 17.9. The number of nitrogens with zero attached hydrogens (tertiary/aromatic N) is 4. The van der Waals surface area contributed by atoms with Crippen molar-refractivity contribution < 1.29 is 23.9 Å². The standard InChI is InChI=1S/C26H23N5O5/c1-16-23-20(25(33)36-15-22(32)30-13-12-27-26(30)34)14-21(17-8-10-19(35-2)11-9-17)28-24(23)31(29-16)18-6-4-3-5-7-18/h3-11,14H,12-13,15H2,1-2H3,(H,27,34). The minimum absolute atomic E-state index is 0.226. The Balaban J connectivity index is 1.57. The van der Waals surface area contributed by atoms with Gasteiger partial charge in [0.1, 0.15) is 5.75 Å². The van der Waals surface area contributed by atoms with Gasteiger partial charge in [-0.3, -0.25) is 9.69 Å². The number of ether oxygens (including phenoxy) is 2. The van der Waals surface area contributed by atoms with Crippen molar-refractivity contribution in [2.45, 2.75) is 6.92 Å². The van der Waals surface area contributed by atoms with Crippen LogP contribution in [-0.4, -0.2) is 64.4 Å². The Morgan fingerprint density at radius 2 is 1.83 bits per heavy atom. The zero-order valence-corrected chi connectivity index (χ0v) is 19.7. The van der Waals surface area contributed by atoms with E-state index in [9.17, 15) is 14.4 Å². The number of nitrogens with one attached hydrogen (secondary N) is 1. The van der Waals surface area contributed by atoms with Crippen molar-refractivity contribution in [3.05, 3.63) is 71.9 Å². The molecule has 3 amide bonds. The molecule has 10 heteroatoms. The molecule has 0 saturated carbocycles. The van der Waals surface area contributed by atoms with Gasteiger partial charge in [0.15, 0.2) is 12.3 Å². The zero-order chi connectivity index (χ0) is 25.2. The van der Waals surface area contributed by atoms with Gasteiger partial charge in [-0.25, -0.2) is 19.3 Å². The predicted octanol–water partition coefficient (Wildman–Crippen LogP) is 3.11. The average Bonchev–Trinajstić information content (AvgIpc) is 3.50. The molecule has 2 aromatic heterocycles. The Hall–Kier alpha value is -4.73. The molecule has 2 aromatic carbocycles. The van der Waals surface area contributed by atoms with Crippen LogP contribution in [0.3, 0.4) is 0 Å². The first-order chi connectivity index (χ1) is 17.5. The third-order valence-corrected chi connectivity index (χ3v) is 5.90. The molecule has 36 heavy (non-hydrogen) atoms. The van der Waals surface area contributed by atoms with Crippen molar-refractivity contribution in [2.24, 2.45) is 0 Å². The van der Waals surface area contributed by atoms with Crippen molar-refractivity contribution >= 4 is 28.9 Å². The monoisotopic (exact) mass is 485 g/mol. The predicted molar refractivity (Wildman–Crippen MR) is 131 cm³/mol. The highest BCUT2D eigenvalue weighted by Gasteiger charge is 2.28. The molecule has 4 aromatic rings. The molecule has 0 unspecified atom stereocenters. The lowest BCUT2D eigenvalue weighted by atomic mass is 10.1. The molecule has 1 saturated heterocycles. The minimum atomic E-state index is -0.708. The molecule has 1 aliphatic heterocycles. The second-order valence-electron chi connectivity index (χ2n) is 8.17. The zero-order valence-electron chi connectivity index (χ0n) is 19.7. The lowest BCUT2D eigenvalue weighted by Gasteiger charge is -2.13. The van der Waals surface area contributed by atoms with Crippen LogP contribution in [0.25, 0.3) is 28.0 Å². The van der Waals surface area contributed by atoms with E-state index in [0.29, 0.717) is 34.7 Å². The third kappa shape index (κ3) is 4.24. The fraction of sp³-hybridized carbons (Fsp3) is 0.192. The van der Waals surface area contributed by atoms with Crippen LogP contribution >= 0.6 is 0 Å². The largest absolute Gasteiger partial charge is 0.497 e. The number of urea groups is 1. The Morgan fingerprint density at radius 1 is 1.08 bits per heavy atom. The van der Waals surface area contributed by atoms with Crippen LogP contribution in [-0.2, 0) is 9.53 Å². The fourth-order valence-corrected chi connectivity index (χ4v) is 4.10. The highest BCUT2D eigenvalue weighted by molar-refractivity contribution is 6.06. The number of hydrogen-bond donors (Lipinski definition) is 1. The molecule has 10 nitrogen and oxygen atoms in total. The van der Waals surface area contributed by atoms with E-state index in [1.54, 1.807) is 36.9 Å². The lowest BCUT2D eigenvalue weighted by molar-refractivity contribution is -0.130. The molecular formula is C26H23N5O5. The molecule has 1 aliphatic rings. The second kappa shape index (κ2) is 9.49. The van der Waals surface area contributed by atoms with Gasteiger partial charge in [-0.15, -0.1) is 0 Å². The number of pyridine rings is 1. The van der Waals surface area contributed by atoms with Gasteiger partial charge in [0, 0.05) is 18.7 Å². The smallest absolute Gasteiger partial charge is 0.339 e. The number of esters is 1. The number of imide groups is 1. The summed E-state index contributed by atoms with van der Waals surface area (Å²) in [4.78, 5) is 43.3. The van der Waals surface area contributed by atoms with Gasteiger partial charge in [-0.1, -0.05) is 18.2 Å². The van der Waals surface area contributed by atoms with E-state index in [-0.39, 0.29) is 12.1 Å². The Labute approximate surface area is 206 Å². The topological polar surface area (TPSA) is 116 Å². The van der Waals surface area contributed by atoms with Gasteiger partial charge in [0.05, 0.1) is 35.1 Å². The van der Waals surface area contributed by atoms with Crippen molar-refractivity contribution in [1.29, 1.82) is 0 Å². The number of carbonyl (C=O) groups excluding carboxylic acids is 3. The van der Waals surface area contributed by atoms with E-state index in [1.165, 1.54) is 0 Å². The number of carbonyl (C=O) groups is 3. The van der Waals surface area contributed by atoms with E-state index in [2.05, 4.69) is 10.4 Å². The number of hydrogen-bond acceptors (Lipinski definition) is 7. The molecule has 5 rings (SSSR count). The molecule has 182 valence electrons. The summed E-state index contributed by atoms with van der Waals surface area (Å²) < 4.78 is 12.3. The first kappa shape index (κ1) is 23.0. The van der Waals surface area contributed by atoms with E-state index in [1.807, 2.05) is 42.5 Å². The summed E-state index contributed by atoms with van der Waals surface area (Å²) in [5, 5.41) is 7.70. The summed E-state index contributed by atoms with van der Waals surface area (Å²) in [5.41, 5.74) is 3.35. The van der Waals surface area contributed by atoms with Crippen LogP contribution in [0.2, 0.25) is 0 Å². The van der Waals surface area contributed by atoms with Crippen molar-refractivity contribution in [1.82, 2.24) is 25.0 Å². The van der Waals surface area contributed by atoms with Crippen molar-refractivity contribution in [2.75, 3.05) is 26.8 Å². The highest BCUT2D eigenvalue weighted by atomic mass is 16.5. The lowest BCUT2D eigenvalue weighted by Crippen LogP contribution is -2.37. The van der Waals surface area contributed by atoms with Gasteiger partial charge >= 0.3 is 12.0 Å². The Kier molecular flexibility index (Phi) is 6.07. The number of methoxy groups -OCH3 is 1. The molecule has 0 bridgehead atoms. The molecule has 3 heterocycles. The molecule has 0 radical (unpaired) electrons. The van der Waals surface area contributed by atoms with Crippen LogP contribution < -0.4 is 10.1 Å². The summed E-state index contributed by atoms with van der Waals surface area (Å²) >= 11 is 0. The Bertz CT molecular complexity index is 1460. The van der Waals surface area contributed by atoms with Gasteiger partial charge in [-0.05, 0) is 49.4 Å². The maximum Gasteiger partial charge on any atom is 0.339 e. The number of aryl methyl sites for hydroxylation is 1. The van der Waals surface area contributed by atoms with Crippen LogP contribution in [0.4, 0.5) is 4.79 Å². The van der Waals surface area contributed by atoms with Gasteiger partial charge in [0.2, 0.25) is 0 Å². The summed E-state index contributed by atoms with van der Waals surface area (Å²) in [5.74, 6) is -0.606. The normalized spacial score (nSPS) is 13.1. The molecule has 0 atom stereocenters. The number of para-hydroxylation sites is 1. The average molecular weight is 486 g/mol. The minimum Gasteiger partial charge on any atom is -0.497 e. The molecule has 0 aliphatic carbocycles. The SMILES string of the molecule is COc1ccc(-c2cc(C(=O)OCC(=O)N3CCNC3=O)c3c(C)nn(-c4ccccc4)c3n2)cc1. The number of fused-ring (bicyclic) bond motifs is 1. The van der Waals surface area contributed by atoms with E-state index in [0.717, 1.165) is 16.2 Å². The number of amides is 3. The fourth-order valence-electron chi connectivity index (χ4n) is 4.10. The maximum absolute atomic E-state index is 13.3. The molecule has 0 spiro atoms. The van der Waals surface area contributed by atoms with Crippen LogP contribution in [0, 0.1) is 6.92 Å². The van der Waals surface area contributed by atoms with Gasteiger partial charge in [-0.2, -0.15) is 5.10 Å². The second-order valence-corrected chi connectivity index (χ2v) is 8.17. The van der Waals surface area contributed by atoms with Crippen LogP contribution in [0.15, 0.2) is 60.7 Å². The van der Waals surface area contributed by atoms with Crippen LogP contribution in [0.1, 0.15) is 16.1 Å². The van der Waals surface area contributed by atoms with E-state index in [4.69, 9.17) is 14.5 Å². The van der Waals surface area contributed by atoms with Gasteiger partial charge in [0.25, 0.3) is 5.91 Å². The highest BCUT2D eigenvalue weighted by Crippen LogP contribution is 2.30. The maximum atomic E-state index is 13.3. The quantitative estimate of drug-likeness (QED) is 0.417. The summed E-state index contributed by atoms with van der Waals surface area (Å²) in [6.07, 6.45) is 0. The summed E-state index contributed by atoms with van der Waals surface area (Å²) in [6.45, 7) is 1.83. The third-order valence-electron chi connectivity index (χ3n) is 5.90. The first-order valence-corrected chi connectivity index (χ1v) is 11.3. The molecule has 1 fully saturated rings. The van der Waals surface area contributed by atoms with Crippen molar-refractivity contribution in [3.63, 3.8) is 0 Å². The van der Waals surface area contributed by atoms with Crippen LogP contribution in [0.5, 0.6) is 5.75 Å². The van der Waals surface area contributed by atoms with Gasteiger partial charge < -0.3 is 14.8 Å².